The first-order chi connectivity index (χ1) is 10.2. The molecule has 0 bridgehead atoms. The van der Waals surface area contributed by atoms with Gasteiger partial charge in [-0.3, -0.25) is 0 Å². The second-order valence-electron chi connectivity index (χ2n) is 5.23. The molecule has 120 valence electrons. The second-order valence-corrected chi connectivity index (χ2v) is 5.23. The Morgan fingerprint density at radius 2 is 1.57 bits per heavy atom. The van der Waals surface area contributed by atoms with Gasteiger partial charge in [0.15, 0.2) is 0 Å². The molecule has 1 aliphatic carbocycles. The van der Waals surface area contributed by atoms with E-state index in [4.69, 9.17) is 4.74 Å². The zero-order valence-electron chi connectivity index (χ0n) is 14.9. The lowest BCUT2D eigenvalue weighted by molar-refractivity contribution is 0.410. The van der Waals surface area contributed by atoms with Crippen LogP contribution in [0.2, 0.25) is 0 Å². The Kier molecular flexibility index (Phi) is 11.8. The minimum absolute atomic E-state index is 0.795. The molecule has 1 fully saturated rings. The van der Waals surface area contributed by atoms with Crippen molar-refractivity contribution in [2.75, 3.05) is 7.11 Å². The van der Waals surface area contributed by atoms with E-state index in [1.54, 1.807) is 7.11 Å². The Morgan fingerprint density at radius 3 is 2.00 bits per heavy atom. The first-order valence-corrected chi connectivity index (χ1v) is 8.44. The predicted molar refractivity (Wildman–Crippen MR) is 95.4 cm³/mol. The molecule has 0 heterocycles. The molecule has 1 aromatic carbocycles. The number of methoxy groups -OCH3 is 1. The maximum Gasteiger partial charge on any atom is 0.121 e. The molecule has 0 aromatic heterocycles. The summed E-state index contributed by atoms with van der Waals surface area (Å²) in [4.78, 5) is 0. The molecule has 0 atom stereocenters. The Morgan fingerprint density at radius 1 is 1.00 bits per heavy atom. The van der Waals surface area contributed by atoms with Crippen molar-refractivity contribution in [2.24, 2.45) is 0 Å². The first-order valence-electron chi connectivity index (χ1n) is 8.44. The van der Waals surface area contributed by atoms with Crippen molar-refractivity contribution in [3.8, 4) is 5.75 Å². The van der Waals surface area contributed by atoms with Gasteiger partial charge in [-0.1, -0.05) is 57.4 Å². The molecule has 1 aromatic rings. The third kappa shape index (κ3) is 7.36. The van der Waals surface area contributed by atoms with E-state index in [2.05, 4.69) is 25.1 Å². The van der Waals surface area contributed by atoms with E-state index in [-0.39, 0.29) is 0 Å². The number of benzene rings is 1. The highest BCUT2D eigenvalue weighted by Crippen LogP contribution is 2.34. The molecule has 1 nitrogen and oxygen atoms in total. The minimum Gasteiger partial charge on any atom is -0.496 e. The number of hydrogen-bond acceptors (Lipinski definition) is 1. The summed E-state index contributed by atoms with van der Waals surface area (Å²) in [6, 6.07) is 6.65. The van der Waals surface area contributed by atoms with Gasteiger partial charge >= 0.3 is 0 Å². The predicted octanol–water partition coefficient (Wildman–Crippen LogP) is 6.66. The molecule has 1 heteroatoms. The SMILES string of the molecule is C/C=C\C.CC.COc1ccc(C2CCCCC2)cc1C. The zero-order chi connectivity index (χ0) is 16.1. The molecule has 1 aliphatic rings. The number of hydrogen-bond donors (Lipinski definition) is 0. The van der Waals surface area contributed by atoms with Crippen LogP contribution in [0.5, 0.6) is 5.75 Å². The summed E-state index contributed by atoms with van der Waals surface area (Å²) < 4.78 is 5.29. The highest BCUT2D eigenvalue weighted by molar-refractivity contribution is 5.37. The lowest BCUT2D eigenvalue weighted by atomic mass is 9.83. The Labute approximate surface area is 132 Å². The quantitative estimate of drug-likeness (QED) is 0.553. The van der Waals surface area contributed by atoms with Gasteiger partial charge in [0.05, 0.1) is 7.11 Å². The number of aryl methyl sites for hydroxylation is 1. The fourth-order valence-electron chi connectivity index (χ4n) is 2.59. The van der Waals surface area contributed by atoms with Crippen LogP contribution in [0.25, 0.3) is 0 Å². The fourth-order valence-corrected chi connectivity index (χ4v) is 2.59. The number of allylic oxidation sites excluding steroid dienone is 2. The van der Waals surface area contributed by atoms with E-state index >= 15 is 0 Å². The van der Waals surface area contributed by atoms with Gasteiger partial charge in [-0.15, -0.1) is 0 Å². The highest BCUT2D eigenvalue weighted by Gasteiger charge is 2.15. The molecule has 21 heavy (non-hydrogen) atoms. The van der Waals surface area contributed by atoms with E-state index < -0.39 is 0 Å². The highest BCUT2D eigenvalue weighted by atomic mass is 16.5. The molecule has 0 aliphatic heterocycles. The van der Waals surface area contributed by atoms with Crippen molar-refractivity contribution in [1.82, 2.24) is 0 Å². The Bertz CT molecular complexity index is 383. The van der Waals surface area contributed by atoms with E-state index in [0.29, 0.717) is 0 Å². The molecular formula is C20H34O. The lowest BCUT2D eigenvalue weighted by Crippen LogP contribution is -2.04. The van der Waals surface area contributed by atoms with Crippen molar-refractivity contribution < 1.29 is 4.74 Å². The lowest BCUT2D eigenvalue weighted by Gasteiger charge is -2.22. The smallest absolute Gasteiger partial charge is 0.121 e. The van der Waals surface area contributed by atoms with E-state index in [9.17, 15) is 0 Å². The van der Waals surface area contributed by atoms with Gasteiger partial charge in [-0.2, -0.15) is 0 Å². The maximum atomic E-state index is 5.29. The molecule has 0 spiro atoms. The molecule has 2 rings (SSSR count). The van der Waals surface area contributed by atoms with Crippen molar-refractivity contribution in [3.05, 3.63) is 41.5 Å². The zero-order valence-corrected chi connectivity index (χ0v) is 14.9. The summed E-state index contributed by atoms with van der Waals surface area (Å²) in [5.74, 6) is 1.80. The van der Waals surface area contributed by atoms with Crippen LogP contribution in [0.1, 0.15) is 76.8 Å². The van der Waals surface area contributed by atoms with Crippen molar-refractivity contribution in [1.29, 1.82) is 0 Å². The van der Waals surface area contributed by atoms with Gasteiger partial charge in [0.1, 0.15) is 5.75 Å². The fraction of sp³-hybridized carbons (Fsp3) is 0.600. The maximum absolute atomic E-state index is 5.29. The topological polar surface area (TPSA) is 9.23 Å². The monoisotopic (exact) mass is 290 g/mol. The average molecular weight is 290 g/mol. The van der Waals surface area contributed by atoms with Gasteiger partial charge in [-0.05, 0) is 56.7 Å². The van der Waals surface area contributed by atoms with Crippen LogP contribution in [0.15, 0.2) is 30.4 Å². The molecule has 0 saturated heterocycles. The van der Waals surface area contributed by atoms with Crippen molar-refractivity contribution in [3.63, 3.8) is 0 Å². The molecule has 0 N–H and O–H groups in total. The summed E-state index contributed by atoms with van der Waals surface area (Å²) in [5, 5.41) is 0. The summed E-state index contributed by atoms with van der Waals surface area (Å²) in [6.07, 6.45) is 11.0. The van der Waals surface area contributed by atoms with Gasteiger partial charge in [-0.25, -0.2) is 0 Å². The summed E-state index contributed by atoms with van der Waals surface area (Å²) in [5.41, 5.74) is 2.77. The first kappa shape index (κ1) is 19.8. The Balaban J connectivity index is 0.000000579. The molecule has 1 saturated carbocycles. The standard InChI is InChI=1S/C14H20O.C4H8.C2H6/c1-11-10-13(8-9-14(11)15-2)12-6-4-3-5-7-12;1-3-4-2;1-2/h8-10,12H,3-7H2,1-2H3;3-4H,1-2H3;1-2H3/b;4-3-;. The van der Waals surface area contributed by atoms with Crippen LogP contribution in [-0.4, -0.2) is 7.11 Å². The van der Waals surface area contributed by atoms with Crippen molar-refractivity contribution >= 4 is 0 Å². The molecule has 0 radical (unpaired) electrons. The van der Waals surface area contributed by atoms with Crippen LogP contribution in [0.4, 0.5) is 0 Å². The summed E-state index contributed by atoms with van der Waals surface area (Å²) in [7, 11) is 1.74. The van der Waals surface area contributed by atoms with Crippen LogP contribution in [0, 0.1) is 6.92 Å². The summed E-state index contributed by atoms with van der Waals surface area (Å²) in [6.45, 7) is 10.1. The number of ether oxygens (including phenoxy) is 1. The van der Waals surface area contributed by atoms with E-state index in [1.807, 2.05) is 39.8 Å². The average Bonchev–Trinajstić information content (AvgIpc) is 2.57. The second kappa shape index (κ2) is 12.5. The van der Waals surface area contributed by atoms with Gasteiger partial charge < -0.3 is 4.74 Å². The van der Waals surface area contributed by atoms with Crippen molar-refractivity contribution in [2.45, 2.75) is 72.6 Å². The van der Waals surface area contributed by atoms with Gasteiger partial charge in [0.2, 0.25) is 0 Å². The van der Waals surface area contributed by atoms with Gasteiger partial charge in [0.25, 0.3) is 0 Å². The normalized spacial score (nSPS) is 14.8. The summed E-state index contributed by atoms with van der Waals surface area (Å²) >= 11 is 0. The van der Waals surface area contributed by atoms with E-state index in [1.165, 1.54) is 43.2 Å². The minimum atomic E-state index is 0.795. The Hall–Kier alpha value is -1.24. The third-order valence-electron chi connectivity index (χ3n) is 3.83. The van der Waals surface area contributed by atoms with Crippen LogP contribution in [-0.2, 0) is 0 Å². The molecule has 0 amide bonds. The number of rotatable bonds is 2. The molecular weight excluding hydrogens is 256 g/mol. The largest absolute Gasteiger partial charge is 0.496 e. The van der Waals surface area contributed by atoms with Crippen LogP contribution >= 0.6 is 0 Å². The van der Waals surface area contributed by atoms with E-state index in [0.717, 1.165) is 11.7 Å². The molecule has 0 unspecified atom stereocenters. The van der Waals surface area contributed by atoms with Gasteiger partial charge in [0, 0.05) is 0 Å². The third-order valence-corrected chi connectivity index (χ3v) is 3.83. The van der Waals surface area contributed by atoms with Crippen LogP contribution < -0.4 is 4.74 Å². The van der Waals surface area contributed by atoms with Crippen LogP contribution in [0.3, 0.4) is 0 Å².